The second-order valence-electron chi connectivity index (χ2n) is 4.80. The van der Waals surface area contributed by atoms with Gasteiger partial charge in [0.05, 0.1) is 13.7 Å². The van der Waals surface area contributed by atoms with Gasteiger partial charge in [0.2, 0.25) is 0 Å². The van der Waals surface area contributed by atoms with E-state index in [-0.39, 0.29) is 5.75 Å². The first-order valence-corrected chi connectivity index (χ1v) is 6.37. The van der Waals surface area contributed by atoms with Crippen molar-refractivity contribution < 1.29 is 14.6 Å². The van der Waals surface area contributed by atoms with Crippen LogP contribution in [0.15, 0.2) is 18.2 Å². The molecule has 1 fully saturated rings. The quantitative estimate of drug-likeness (QED) is 0.839. The van der Waals surface area contributed by atoms with Gasteiger partial charge in [-0.2, -0.15) is 0 Å². The third-order valence-corrected chi connectivity index (χ3v) is 3.54. The highest BCUT2D eigenvalue weighted by atomic mass is 16.5. The summed E-state index contributed by atoms with van der Waals surface area (Å²) in [6, 6.07) is 5.92. The van der Waals surface area contributed by atoms with Crippen molar-refractivity contribution in [3.05, 3.63) is 23.8 Å². The number of hydrogen-bond donors (Lipinski definition) is 2. The molecule has 1 aromatic rings. The molecule has 0 radical (unpaired) electrons. The van der Waals surface area contributed by atoms with Gasteiger partial charge in [-0.05, 0) is 37.0 Å². The van der Waals surface area contributed by atoms with Crippen LogP contribution in [0.2, 0.25) is 0 Å². The Morgan fingerprint density at radius 1 is 1.56 bits per heavy atom. The lowest BCUT2D eigenvalue weighted by atomic mass is 10.0. The van der Waals surface area contributed by atoms with Crippen molar-refractivity contribution in [1.82, 2.24) is 5.32 Å². The summed E-state index contributed by atoms with van der Waals surface area (Å²) in [6.07, 6.45) is 1.13. The van der Waals surface area contributed by atoms with Crippen molar-refractivity contribution in [2.45, 2.75) is 25.9 Å². The summed E-state index contributed by atoms with van der Waals surface area (Å²) in [7, 11) is 1.55. The number of methoxy groups -OCH3 is 1. The number of aromatic hydroxyl groups is 1. The van der Waals surface area contributed by atoms with Crippen molar-refractivity contribution in [1.29, 1.82) is 0 Å². The molecular weight excluding hydrogens is 230 g/mol. The van der Waals surface area contributed by atoms with Gasteiger partial charge in [-0.1, -0.05) is 6.07 Å². The number of nitrogens with one attached hydrogen (secondary N) is 1. The first kappa shape index (κ1) is 13.2. The number of rotatable bonds is 5. The lowest BCUT2D eigenvalue weighted by Crippen LogP contribution is -2.33. The van der Waals surface area contributed by atoms with Gasteiger partial charge in [-0.3, -0.25) is 0 Å². The third-order valence-electron chi connectivity index (χ3n) is 3.54. The van der Waals surface area contributed by atoms with E-state index in [1.54, 1.807) is 19.2 Å². The van der Waals surface area contributed by atoms with E-state index in [9.17, 15) is 5.11 Å². The van der Waals surface area contributed by atoms with Crippen LogP contribution in [-0.4, -0.2) is 31.5 Å². The van der Waals surface area contributed by atoms with E-state index < -0.39 is 0 Å². The lowest BCUT2D eigenvalue weighted by molar-refractivity contribution is 0.178. The summed E-state index contributed by atoms with van der Waals surface area (Å²) in [4.78, 5) is 0. The first-order valence-electron chi connectivity index (χ1n) is 6.37. The van der Waals surface area contributed by atoms with Crippen molar-refractivity contribution in [2.75, 3.05) is 20.3 Å². The molecule has 18 heavy (non-hydrogen) atoms. The highest BCUT2D eigenvalue weighted by Gasteiger charge is 2.21. The summed E-state index contributed by atoms with van der Waals surface area (Å²) in [5.41, 5.74) is 1.05. The van der Waals surface area contributed by atoms with Gasteiger partial charge in [0.1, 0.15) is 0 Å². The molecule has 4 nitrogen and oxygen atoms in total. The molecule has 2 N–H and O–H groups in total. The van der Waals surface area contributed by atoms with Crippen molar-refractivity contribution in [2.24, 2.45) is 5.92 Å². The predicted octanol–water partition coefficient (Wildman–Crippen LogP) is 1.92. The van der Waals surface area contributed by atoms with E-state index in [1.165, 1.54) is 0 Å². The highest BCUT2D eigenvalue weighted by molar-refractivity contribution is 5.41. The highest BCUT2D eigenvalue weighted by Crippen LogP contribution is 2.26. The van der Waals surface area contributed by atoms with Crippen LogP contribution in [0.1, 0.15) is 18.9 Å². The fraction of sp³-hybridized carbons (Fsp3) is 0.571. The maximum Gasteiger partial charge on any atom is 0.160 e. The van der Waals surface area contributed by atoms with Gasteiger partial charge >= 0.3 is 0 Å². The molecule has 2 unspecified atom stereocenters. The molecule has 1 heterocycles. The molecule has 0 saturated carbocycles. The monoisotopic (exact) mass is 251 g/mol. The Bertz CT molecular complexity index is 389. The smallest absolute Gasteiger partial charge is 0.160 e. The average molecular weight is 251 g/mol. The molecule has 1 aliphatic heterocycles. The number of phenolic OH excluding ortho intramolecular Hbond substituents is 1. The summed E-state index contributed by atoms with van der Waals surface area (Å²) < 4.78 is 10.4. The molecule has 2 atom stereocenters. The van der Waals surface area contributed by atoms with Crippen LogP contribution in [0.5, 0.6) is 11.5 Å². The van der Waals surface area contributed by atoms with Gasteiger partial charge in [0, 0.05) is 19.2 Å². The molecule has 1 aliphatic rings. The Balaban J connectivity index is 1.87. The standard InChI is InChI=1S/C14H21NO3/c1-10(12-5-6-18-9-12)15-8-11-3-4-14(17-2)13(16)7-11/h3-4,7,10,12,15-16H,5-6,8-9H2,1-2H3. The number of benzene rings is 1. The molecule has 0 spiro atoms. The fourth-order valence-electron chi connectivity index (χ4n) is 2.24. The van der Waals surface area contributed by atoms with Gasteiger partial charge in [0.15, 0.2) is 11.5 Å². The van der Waals surface area contributed by atoms with Crippen molar-refractivity contribution in [3.8, 4) is 11.5 Å². The number of hydrogen-bond acceptors (Lipinski definition) is 4. The molecule has 4 heteroatoms. The molecule has 0 aromatic heterocycles. The maximum atomic E-state index is 9.70. The van der Waals surface area contributed by atoms with Crippen molar-refractivity contribution in [3.63, 3.8) is 0 Å². The van der Waals surface area contributed by atoms with Crippen LogP contribution in [0.3, 0.4) is 0 Å². The van der Waals surface area contributed by atoms with Gasteiger partial charge < -0.3 is 19.9 Å². The molecule has 1 saturated heterocycles. The average Bonchev–Trinajstić information content (AvgIpc) is 2.90. The van der Waals surface area contributed by atoms with Crippen LogP contribution in [0.4, 0.5) is 0 Å². The van der Waals surface area contributed by atoms with E-state index in [1.807, 2.05) is 6.07 Å². The molecule has 0 bridgehead atoms. The van der Waals surface area contributed by atoms with Gasteiger partial charge in [-0.15, -0.1) is 0 Å². The largest absolute Gasteiger partial charge is 0.504 e. The summed E-state index contributed by atoms with van der Waals surface area (Å²) in [5.74, 6) is 1.29. The predicted molar refractivity (Wildman–Crippen MR) is 69.9 cm³/mol. The van der Waals surface area contributed by atoms with Crippen LogP contribution >= 0.6 is 0 Å². The zero-order valence-corrected chi connectivity index (χ0v) is 11.0. The fourth-order valence-corrected chi connectivity index (χ4v) is 2.24. The van der Waals surface area contributed by atoms with Crippen LogP contribution in [0, 0.1) is 5.92 Å². The number of phenols is 1. The summed E-state index contributed by atoms with van der Waals surface area (Å²) in [6.45, 7) is 4.65. The normalized spacial score (nSPS) is 20.9. The second kappa shape index (κ2) is 6.07. The molecule has 0 aliphatic carbocycles. The molecule has 2 rings (SSSR count). The van der Waals surface area contributed by atoms with E-state index in [0.29, 0.717) is 17.7 Å². The minimum absolute atomic E-state index is 0.189. The summed E-state index contributed by atoms with van der Waals surface area (Å²) in [5, 5.41) is 13.2. The van der Waals surface area contributed by atoms with Crippen molar-refractivity contribution >= 4 is 0 Å². The van der Waals surface area contributed by atoms with Crippen LogP contribution in [-0.2, 0) is 11.3 Å². The Morgan fingerprint density at radius 2 is 2.39 bits per heavy atom. The minimum atomic E-state index is 0.189. The Hall–Kier alpha value is -1.26. The number of ether oxygens (including phenoxy) is 2. The zero-order valence-electron chi connectivity index (χ0n) is 11.0. The molecule has 1 aromatic carbocycles. The van der Waals surface area contributed by atoms with Crippen LogP contribution < -0.4 is 10.1 Å². The van der Waals surface area contributed by atoms with E-state index in [4.69, 9.17) is 9.47 Å². The van der Waals surface area contributed by atoms with E-state index in [2.05, 4.69) is 12.2 Å². The van der Waals surface area contributed by atoms with Crippen LogP contribution in [0.25, 0.3) is 0 Å². The van der Waals surface area contributed by atoms with Gasteiger partial charge in [-0.25, -0.2) is 0 Å². The molecular formula is C14H21NO3. The second-order valence-corrected chi connectivity index (χ2v) is 4.80. The topological polar surface area (TPSA) is 50.7 Å². The van der Waals surface area contributed by atoms with E-state index >= 15 is 0 Å². The Kier molecular flexibility index (Phi) is 4.44. The third kappa shape index (κ3) is 3.15. The zero-order chi connectivity index (χ0) is 13.0. The molecule has 100 valence electrons. The van der Waals surface area contributed by atoms with E-state index in [0.717, 1.165) is 31.7 Å². The lowest BCUT2D eigenvalue weighted by Gasteiger charge is -2.19. The first-order chi connectivity index (χ1) is 8.70. The molecule has 0 amide bonds. The SMILES string of the molecule is COc1ccc(CNC(C)C2CCOC2)cc1O. The summed E-state index contributed by atoms with van der Waals surface area (Å²) >= 11 is 0. The minimum Gasteiger partial charge on any atom is -0.504 e. The Morgan fingerprint density at radius 3 is 3.00 bits per heavy atom. The maximum absolute atomic E-state index is 9.70. The van der Waals surface area contributed by atoms with Gasteiger partial charge in [0.25, 0.3) is 0 Å². The Labute approximate surface area is 108 Å².